The monoisotopic (exact) mass is 436 g/mol. The third kappa shape index (κ3) is 7.70. The van der Waals surface area contributed by atoms with E-state index in [1.54, 1.807) is 0 Å². The molecule has 0 spiro atoms. The van der Waals surface area contributed by atoms with Crippen molar-refractivity contribution in [2.24, 2.45) is 23.3 Å². The minimum Gasteiger partial charge on any atom is -0.325 e. The Kier molecular flexibility index (Phi) is 8.51. The van der Waals surface area contributed by atoms with E-state index in [1.165, 1.54) is 37.1 Å². The lowest BCUT2D eigenvalue weighted by Gasteiger charge is -2.27. The summed E-state index contributed by atoms with van der Waals surface area (Å²) in [7, 11) is 0. The first-order chi connectivity index (χ1) is 15.1. The summed E-state index contributed by atoms with van der Waals surface area (Å²) in [5.41, 5.74) is 15.1. The van der Waals surface area contributed by atoms with Gasteiger partial charge in [0.2, 0.25) is 0 Å². The summed E-state index contributed by atoms with van der Waals surface area (Å²) in [6.45, 7) is 15.3. The van der Waals surface area contributed by atoms with Gasteiger partial charge in [0.15, 0.2) is 0 Å². The van der Waals surface area contributed by atoms with Gasteiger partial charge in [0.25, 0.3) is 0 Å². The van der Waals surface area contributed by atoms with Crippen LogP contribution in [0.2, 0.25) is 0 Å². The molecule has 4 N–H and O–H groups in total. The average Bonchev–Trinajstić information content (AvgIpc) is 3.40. The van der Waals surface area contributed by atoms with Crippen LogP contribution in [0.25, 0.3) is 0 Å². The molecule has 2 aromatic carbocycles. The van der Waals surface area contributed by atoms with E-state index in [2.05, 4.69) is 98.2 Å². The molecule has 0 radical (unpaired) electrons. The molecular formula is C28H44N4. The van der Waals surface area contributed by atoms with E-state index in [1.807, 2.05) is 0 Å². The third-order valence-corrected chi connectivity index (χ3v) is 7.15. The molecule has 2 saturated heterocycles. The van der Waals surface area contributed by atoms with E-state index in [9.17, 15) is 0 Å². The van der Waals surface area contributed by atoms with E-state index in [0.717, 1.165) is 26.2 Å². The summed E-state index contributed by atoms with van der Waals surface area (Å²) in [4.78, 5) is 5.02. The molecule has 2 aliphatic rings. The molecule has 32 heavy (non-hydrogen) atoms. The van der Waals surface area contributed by atoms with Gasteiger partial charge in [0.1, 0.15) is 0 Å². The van der Waals surface area contributed by atoms with Gasteiger partial charge in [-0.2, -0.15) is 0 Å². The van der Waals surface area contributed by atoms with Crippen LogP contribution in [0.4, 0.5) is 0 Å². The number of hydrogen-bond donors (Lipinski definition) is 2. The van der Waals surface area contributed by atoms with Crippen LogP contribution in [0.3, 0.4) is 0 Å². The first-order valence-electron chi connectivity index (χ1n) is 12.2. The molecule has 2 atom stereocenters. The van der Waals surface area contributed by atoms with E-state index >= 15 is 0 Å². The van der Waals surface area contributed by atoms with Gasteiger partial charge in [0.05, 0.1) is 0 Å². The van der Waals surface area contributed by atoms with Crippen molar-refractivity contribution in [2.45, 2.75) is 64.7 Å². The molecule has 0 aliphatic carbocycles. The summed E-state index contributed by atoms with van der Waals surface area (Å²) in [6.07, 6.45) is 2.46. The number of rotatable bonds is 6. The second kappa shape index (κ2) is 10.9. The summed E-state index contributed by atoms with van der Waals surface area (Å²) >= 11 is 0. The molecule has 2 aromatic rings. The fourth-order valence-electron chi connectivity index (χ4n) is 4.85. The van der Waals surface area contributed by atoms with Gasteiger partial charge >= 0.3 is 0 Å². The van der Waals surface area contributed by atoms with Crippen LogP contribution in [-0.4, -0.2) is 47.1 Å². The maximum atomic E-state index is 6.17. The molecule has 0 aromatic heterocycles. The Morgan fingerprint density at radius 3 is 1.28 bits per heavy atom. The lowest BCUT2D eigenvalue weighted by molar-refractivity contribution is 0.276. The number of benzene rings is 2. The maximum Gasteiger partial charge on any atom is 0.0233 e. The van der Waals surface area contributed by atoms with Crippen molar-refractivity contribution in [1.82, 2.24) is 9.80 Å². The van der Waals surface area contributed by atoms with E-state index in [4.69, 9.17) is 11.5 Å². The van der Waals surface area contributed by atoms with E-state index < -0.39 is 0 Å². The van der Waals surface area contributed by atoms with Crippen LogP contribution in [-0.2, 0) is 13.1 Å². The van der Waals surface area contributed by atoms with Crippen molar-refractivity contribution in [3.63, 3.8) is 0 Å². The smallest absolute Gasteiger partial charge is 0.0233 e. The Hall–Kier alpha value is -1.72. The quantitative estimate of drug-likeness (QED) is 0.700. The van der Waals surface area contributed by atoms with Crippen LogP contribution < -0.4 is 11.5 Å². The van der Waals surface area contributed by atoms with Crippen LogP contribution in [0, 0.1) is 11.8 Å². The van der Waals surface area contributed by atoms with Gasteiger partial charge < -0.3 is 11.5 Å². The molecule has 2 fully saturated rings. The molecule has 0 amide bonds. The molecule has 2 heterocycles. The fraction of sp³-hybridized carbons (Fsp3) is 0.571. The molecule has 2 unspecified atom stereocenters. The molecule has 176 valence electrons. The standard InChI is InChI=1S/2C14H22N2/c2*1-14(2,15)13-8-9-16(11-13)10-12-6-4-3-5-7-12/h2*3-7,13H,8-11,15H2,1-2H3. The fourth-order valence-corrected chi connectivity index (χ4v) is 4.85. The second-order valence-corrected chi connectivity index (χ2v) is 11.1. The highest BCUT2D eigenvalue weighted by atomic mass is 15.2. The van der Waals surface area contributed by atoms with Crippen LogP contribution in [0.5, 0.6) is 0 Å². The van der Waals surface area contributed by atoms with Crippen molar-refractivity contribution >= 4 is 0 Å². The zero-order chi connectivity index (χ0) is 23.2. The lowest BCUT2D eigenvalue weighted by atomic mass is 9.88. The summed E-state index contributed by atoms with van der Waals surface area (Å²) < 4.78 is 0. The minimum absolute atomic E-state index is 0.0363. The molecule has 4 heteroatoms. The van der Waals surface area contributed by atoms with Gasteiger partial charge in [-0.3, -0.25) is 9.80 Å². The normalized spacial score (nSPS) is 22.6. The van der Waals surface area contributed by atoms with Crippen molar-refractivity contribution in [2.75, 3.05) is 26.2 Å². The molecule has 0 saturated carbocycles. The number of nitrogens with zero attached hydrogens (tertiary/aromatic N) is 2. The Labute approximate surface area is 196 Å². The Balaban J connectivity index is 0.000000181. The SMILES string of the molecule is CC(C)(N)C1CCN(Cc2ccccc2)C1.CC(C)(N)C1CCN(Cc2ccccc2)C1. The van der Waals surface area contributed by atoms with Crippen molar-refractivity contribution in [3.8, 4) is 0 Å². The Bertz CT molecular complexity index is 722. The summed E-state index contributed by atoms with van der Waals surface area (Å²) in [6, 6.07) is 21.3. The highest BCUT2D eigenvalue weighted by Gasteiger charge is 2.32. The molecule has 4 rings (SSSR count). The largest absolute Gasteiger partial charge is 0.325 e. The van der Waals surface area contributed by atoms with Crippen LogP contribution in [0.1, 0.15) is 51.7 Å². The van der Waals surface area contributed by atoms with E-state index in [-0.39, 0.29) is 11.1 Å². The number of hydrogen-bond acceptors (Lipinski definition) is 4. The summed E-state index contributed by atoms with van der Waals surface area (Å²) in [5.74, 6) is 1.27. The highest BCUT2D eigenvalue weighted by Crippen LogP contribution is 2.27. The molecule has 4 nitrogen and oxygen atoms in total. The predicted molar refractivity (Wildman–Crippen MR) is 136 cm³/mol. The minimum atomic E-state index is -0.0363. The van der Waals surface area contributed by atoms with Crippen LogP contribution >= 0.6 is 0 Å². The first kappa shape index (κ1) is 24.9. The predicted octanol–water partition coefficient (Wildman–Crippen LogP) is 4.49. The third-order valence-electron chi connectivity index (χ3n) is 7.15. The van der Waals surface area contributed by atoms with Crippen LogP contribution in [0.15, 0.2) is 60.7 Å². The van der Waals surface area contributed by atoms with Crippen molar-refractivity contribution in [1.29, 1.82) is 0 Å². The topological polar surface area (TPSA) is 58.5 Å². The Morgan fingerprint density at radius 2 is 1.00 bits per heavy atom. The van der Waals surface area contributed by atoms with Gasteiger partial charge in [0, 0.05) is 37.3 Å². The van der Waals surface area contributed by atoms with Gasteiger partial charge in [-0.25, -0.2) is 0 Å². The first-order valence-corrected chi connectivity index (χ1v) is 12.2. The number of nitrogens with two attached hydrogens (primary N) is 2. The van der Waals surface area contributed by atoms with E-state index in [0.29, 0.717) is 11.8 Å². The Morgan fingerprint density at radius 1 is 0.656 bits per heavy atom. The van der Waals surface area contributed by atoms with Crippen molar-refractivity contribution < 1.29 is 0 Å². The number of likely N-dealkylation sites (tertiary alicyclic amines) is 2. The zero-order valence-electron chi connectivity index (χ0n) is 20.6. The average molecular weight is 437 g/mol. The van der Waals surface area contributed by atoms with Crippen molar-refractivity contribution in [3.05, 3.63) is 71.8 Å². The second-order valence-electron chi connectivity index (χ2n) is 11.1. The molecule has 2 aliphatic heterocycles. The highest BCUT2D eigenvalue weighted by molar-refractivity contribution is 5.15. The maximum absolute atomic E-state index is 6.17. The van der Waals surface area contributed by atoms with Gasteiger partial charge in [-0.15, -0.1) is 0 Å². The molecular weight excluding hydrogens is 392 g/mol. The van der Waals surface area contributed by atoms with Gasteiger partial charge in [-0.1, -0.05) is 60.7 Å². The zero-order valence-corrected chi connectivity index (χ0v) is 20.6. The molecule has 0 bridgehead atoms. The lowest BCUT2D eigenvalue weighted by Crippen LogP contribution is -2.42. The van der Waals surface area contributed by atoms with Gasteiger partial charge in [-0.05, 0) is 76.6 Å². The summed E-state index contributed by atoms with van der Waals surface area (Å²) in [5, 5.41) is 0.